The lowest BCUT2D eigenvalue weighted by Crippen LogP contribution is -2.16. The van der Waals surface area contributed by atoms with Crippen LogP contribution < -0.4 is 5.32 Å². The van der Waals surface area contributed by atoms with E-state index in [0.717, 1.165) is 17.2 Å². The van der Waals surface area contributed by atoms with Crippen LogP contribution in [0.1, 0.15) is 42.8 Å². The van der Waals surface area contributed by atoms with Crippen LogP contribution in [0.5, 0.6) is 0 Å². The number of aromatic nitrogens is 1. The lowest BCUT2D eigenvalue weighted by Gasteiger charge is -2.21. The van der Waals surface area contributed by atoms with Crippen LogP contribution in [-0.2, 0) is 17.9 Å². The van der Waals surface area contributed by atoms with E-state index >= 15 is 0 Å². The van der Waals surface area contributed by atoms with E-state index in [1.54, 1.807) is 11.3 Å². The summed E-state index contributed by atoms with van der Waals surface area (Å²) in [6, 6.07) is 0. The summed E-state index contributed by atoms with van der Waals surface area (Å²) in [5.41, 5.74) is 1.08. The molecule has 2 rings (SSSR count). The van der Waals surface area contributed by atoms with Gasteiger partial charge in [-0.1, -0.05) is 19.3 Å². The molecule has 0 aromatic carbocycles. The third-order valence-electron chi connectivity index (χ3n) is 2.95. The lowest BCUT2D eigenvalue weighted by molar-refractivity contribution is 0.0154. The van der Waals surface area contributed by atoms with Gasteiger partial charge < -0.3 is 10.1 Å². The van der Waals surface area contributed by atoms with Gasteiger partial charge in [-0.05, 0) is 19.9 Å². The van der Waals surface area contributed by atoms with Gasteiger partial charge in [-0.25, -0.2) is 4.98 Å². The van der Waals surface area contributed by atoms with E-state index in [1.807, 2.05) is 7.05 Å². The third-order valence-corrected chi connectivity index (χ3v) is 3.84. The van der Waals surface area contributed by atoms with Crippen molar-refractivity contribution in [2.45, 2.75) is 51.4 Å². The summed E-state index contributed by atoms with van der Waals surface area (Å²) in [5.74, 6) is 0. The maximum atomic E-state index is 5.88. The summed E-state index contributed by atoms with van der Waals surface area (Å²) in [6.45, 7) is 1.54. The predicted octanol–water partition coefficient (Wildman–Crippen LogP) is 2.71. The van der Waals surface area contributed by atoms with E-state index in [9.17, 15) is 0 Å². The van der Waals surface area contributed by atoms with Crippen LogP contribution in [0.4, 0.5) is 0 Å². The van der Waals surface area contributed by atoms with E-state index in [2.05, 4.69) is 15.7 Å². The first kappa shape index (κ1) is 12.0. The summed E-state index contributed by atoms with van der Waals surface area (Å²) in [4.78, 5) is 4.52. The summed E-state index contributed by atoms with van der Waals surface area (Å²) in [5, 5.41) is 6.36. The van der Waals surface area contributed by atoms with Gasteiger partial charge in [-0.15, -0.1) is 11.3 Å². The highest BCUT2D eigenvalue weighted by molar-refractivity contribution is 7.09. The van der Waals surface area contributed by atoms with Gasteiger partial charge in [0.2, 0.25) is 0 Å². The van der Waals surface area contributed by atoms with Crippen molar-refractivity contribution >= 4 is 11.3 Å². The summed E-state index contributed by atoms with van der Waals surface area (Å²) >= 11 is 1.71. The molecule has 3 nitrogen and oxygen atoms in total. The maximum Gasteiger partial charge on any atom is 0.107 e. The van der Waals surface area contributed by atoms with Crippen LogP contribution in [0.2, 0.25) is 0 Å². The molecular formula is C12H20N2OS. The molecule has 0 saturated heterocycles. The van der Waals surface area contributed by atoms with Crippen LogP contribution in [-0.4, -0.2) is 18.1 Å². The Bertz CT molecular complexity index is 308. The SMILES string of the molecule is CNCc1nc(COC2CCCCC2)cs1. The fourth-order valence-corrected chi connectivity index (χ4v) is 2.87. The molecule has 1 aromatic rings. The third kappa shape index (κ3) is 3.54. The molecule has 1 aromatic heterocycles. The Morgan fingerprint density at radius 1 is 1.44 bits per heavy atom. The van der Waals surface area contributed by atoms with E-state index in [4.69, 9.17) is 4.74 Å². The van der Waals surface area contributed by atoms with Crippen LogP contribution in [0.3, 0.4) is 0 Å². The first-order chi connectivity index (χ1) is 7.88. The largest absolute Gasteiger partial charge is 0.372 e. The molecule has 1 fully saturated rings. The van der Waals surface area contributed by atoms with Gasteiger partial charge in [-0.3, -0.25) is 0 Å². The molecule has 4 heteroatoms. The highest BCUT2D eigenvalue weighted by atomic mass is 32.1. The van der Waals surface area contributed by atoms with Crippen LogP contribution in [0, 0.1) is 0 Å². The molecule has 0 spiro atoms. The Labute approximate surface area is 101 Å². The van der Waals surface area contributed by atoms with Crippen molar-refractivity contribution in [1.29, 1.82) is 0 Å². The minimum Gasteiger partial charge on any atom is -0.372 e. The fraction of sp³-hybridized carbons (Fsp3) is 0.750. The molecule has 0 amide bonds. The quantitative estimate of drug-likeness (QED) is 0.859. The van der Waals surface area contributed by atoms with Gasteiger partial charge in [0.05, 0.1) is 18.4 Å². The second-order valence-corrected chi connectivity index (χ2v) is 5.28. The summed E-state index contributed by atoms with van der Waals surface area (Å²) in [6.07, 6.45) is 6.96. The molecule has 1 saturated carbocycles. The van der Waals surface area contributed by atoms with Gasteiger partial charge in [0, 0.05) is 11.9 Å². The predicted molar refractivity (Wildman–Crippen MR) is 66.5 cm³/mol. The second kappa shape index (κ2) is 6.33. The van der Waals surface area contributed by atoms with Gasteiger partial charge in [-0.2, -0.15) is 0 Å². The van der Waals surface area contributed by atoms with Gasteiger partial charge >= 0.3 is 0 Å². The molecule has 16 heavy (non-hydrogen) atoms. The molecule has 1 heterocycles. The van der Waals surface area contributed by atoms with Crippen molar-refractivity contribution in [3.63, 3.8) is 0 Å². The topological polar surface area (TPSA) is 34.2 Å². The van der Waals surface area contributed by atoms with Gasteiger partial charge in [0.1, 0.15) is 5.01 Å². The molecular weight excluding hydrogens is 220 g/mol. The first-order valence-corrected chi connectivity index (χ1v) is 6.96. The van der Waals surface area contributed by atoms with Crippen molar-refractivity contribution in [2.75, 3.05) is 7.05 Å². The smallest absolute Gasteiger partial charge is 0.107 e. The van der Waals surface area contributed by atoms with E-state index in [-0.39, 0.29) is 0 Å². The summed E-state index contributed by atoms with van der Waals surface area (Å²) < 4.78 is 5.88. The number of rotatable bonds is 5. The van der Waals surface area contributed by atoms with E-state index < -0.39 is 0 Å². The minimum atomic E-state index is 0.475. The zero-order valence-corrected chi connectivity index (χ0v) is 10.7. The van der Waals surface area contributed by atoms with Gasteiger partial charge in [0.15, 0.2) is 0 Å². The Morgan fingerprint density at radius 3 is 3.00 bits per heavy atom. The van der Waals surface area contributed by atoms with Crippen molar-refractivity contribution < 1.29 is 4.74 Å². The molecule has 1 aliphatic rings. The number of nitrogens with one attached hydrogen (secondary N) is 1. The van der Waals surface area contributed by atoms with Crippen molar-refractivity contribution in [3.8, 4) is 0 Å². The molecule has 0 atom stereocenters. The fourth-order valence-electron chi connectivity index (χ4n) is 2.08. The number of hydrogen-bond donors (Lipinski definition) is 1. The van der Waals surface area contributed by atoms with Crippen molar-refractivity contribution in [1.82, 2.24) is 10.3 Å². The molecule has 0 unspecified atom stereocenters. The number of nitrogens with zero attached hydrogens (tertiary/aromatic N) is 1. The second-order valence-electron chi connectivity index (χ2n) is 4.33. The Balaban J connectivity index is 1.75. The maximum absolute atomic E-state index is 5.88. The zero-order chi connectivity index (χ0) is 11.2. The average molecular weight is 240 g/mol. The Kier molecular flexibility index (Phi) is 4.75. The Morgan fingerprint density at radius 2 is 2.25 bits per heavy atom. The van der Waals surface area contributed by atoms with E-state index in [1.165, 1.54) is 32.1 Å². The highest BCUT2D eigenvalue weighted by Gasteiger charge is 2.14. The van der Waals surface area contributed by atoms with E-state index in [0.29, 0.717) is 12.7 Å². The van der Waals surface area contributed by atoms with Crippen LogP contribution >= 0.6 is 11.3 Å². The first-order valence-electron chi connectivity index (χ1n) is 6.08. The molecule has 0 radical (unpaired) electrons. The highest BCUT2D eigenvalue weighted by Crippen LogP contribution is 2.21. The lowest BCUT2D eigenvalue weighted by atomic mass is 9.98. The monoisotopic (exact) mass is 240 g/mol. The zero-order valence-electron chi connectivity index (χ0n) is 9.87. The Hall–Kier alpha value is -0.450. The molecule has 0 aliphatic heterocycles. The number of hydrogen-bond acceptors (Lipinski definition) is 4. The van der Waals surface area contributed by atoms with Gasteiger partial charge in [0.25, 0.3) is 0 Å². The number of thiazole rings is 1. The minimum absolute atomic E-state index is 0.475. The summed E-state index contributed by atoms with van der Waals surface area (Å²) in [7, 11) is 1.94. The molecule has 1 N–H and O–H groups in total. The normalized spacial score (nSPS) is 17.8. The average Bonchev–Trinajstić information content (AvgIpc) is 2.76. The number of ether oxygens (including phenoxy) is 1. The molecule has 0 bridgehead atoms. The van der Waals surface area contributed by atoms with Crippen LogP contribution in [0.25, 0.3) is 0 Å². The standard InChI is InChI=1S/C12H20N2OS/c1-13-7-12-14-10(9-16-12)8-15-11-5-3-2-4-6-11/h9,11,13H,2-8H2,1H3. The van der Waals surface area contributed by atoms with Crippen molar-refractivity contribution in [2.24, 2.45) is 0 Å². The van der Waals surface area contributed by atoms with Crippen molar-refractivity contribution in [3.05, 3.63) is 16.1 Å². The van der Waals surface area contributed by atoms with Crippen LogP contribution in [0.15, 0.2) is 5.38 Å². The molecule has 1 aliphatic carbocycles. The molecule has 90 valence electrons.